The van der Waals surface area contributed by atoms with E-state index >= 15 is 0 Å². The van der Waals surface area contributed by atoms with Crippen LogP contribution in [0.25, 0.3) is 0 Å². The maximum Gasteiger partial charge on any atom is 0.272 e. The van der Waals surface area contributed by atoms with E-state index in [1.807, 2.05) is 0 Å². The lowest BCUT2D eigenvalue weighted by Gasteiger charge is -2.22. The Hall–Kier alpha value is -0.563. The maximum atomic E-state index is 5.87. The molecule has 0 aromatic rings. The van der Waals surface area contributed by atoms with Crippen molar-refractivity contribution in [3.05, 3.63) is 12.5 Å². The molecule has 1 unspecified atom stereocenters. The quantitative estimate of drug-likeness (QED) is 0.456. The van der Waals surface area contributed by atoms with E-state index in [1.165, 1.54) is 0 Å². The van der Waals surface area contributed by atoms with Crippen molar-refractivity contribution in [1.29, 1.82) is 0 Å². The van der Waals surface area contributed by atoms with Crippen molar-refractivity contribution in [1.82, 2.24) is 0 Å². The zero-order valence-corrected chi connectivity index (χ0v) is 13.3. The number of hydrogen-bond donors (Lipinski definition) is 0. The molecule has 6 heteroatoms. The molecule has 19 heavy (non-hydrogen) atoms. The van der Waals surface area contributed by atoms with E-state index in [2.05, 4.69) is 19.7 Å². The van der Waals surface area contributed by atoms with Crippen molar-refractivity contribution >= 4 is 8.32 Å². The summed E-state index contributed by atoms with van der Waals surface area (Å²) in [5.74, 6) is 0.397. The molecule has 112 valence electrons. The SMILES string of the molecule is C=C1OCC(COCCC[Si](C)(C)OCCOC)O1. The van der Waals surface area contributed by atoms with Crippen LogP contribution < -0.4 is 0 Å². The van der Waals surface area contributed by atoms with E-state index in [-0.39, 0.29) is 6.10 Å². The first-order chi connectivity index (χ1) is 9.03. The van der Waals surface area contributed by atoms with Gasteiger partial charge in [-0.3, -0.25) is 0 Å². The van der Waals surface area contributed by atoms with Crippen LogP contribution in [0, 0.1) is 0 Å². The average molecular weight is 290 g/mol. The second-order valence-corrected chi connectivity index (χ2v) is 9.51. The summed E-state index contributed by atoms with van der Waals surface area (Å²) in [6, 6.07) is 1.09. The molecule has 1 rings (SSSR count). The number of hydrogen-bond acceptors (Lipinski definition) is 5. The summed E-state index contributed by atoms with van der Waals surface area (Å²) in [5.41, 5.74) is 0. The molecular weight excluding hydrogens is 264 g/mol. The summed E-state index contributed by atoms with van der Waals surface area (Å²) in [6.07, 6.45) is 1.01. The van der Waals surface area contributed by atoms with Gasteiger partial charge in [-0.2, -0.15) is 0 Å². The highest BCUT2D eigenvalue weighted by Gasteiger charge is 2.23. The van der Waals surface area contributed by atoms with Gasteiger partial charge in [0.2, 0.25) is 0 Å². The van der Waals surface area contributed by atoms with Gasteiger partial charge in [0.05, 0.1) is 19.8 Å². The Balaban J connectivity index is 1.98. The Morgan fingerprint density at radius 3 is 2.74 bits per heavy atom. The lowest BCUT2D eigenvalue weighted by atomic mass is 10.4. The van der Waals surface area contributed by atoms with Gasteiger partial charge in [-0.15, -0.1) is 0 Å². The fraction of sp³-hybridized carbons (Fsp3) is 0.846. The highest BCUT2D eigenvalue weighted by Crippen LogP contribution is 2.15. The molecule has 1 aliphatic rings. The summed E-state index contributed by atoms with van der Waals surface area (Å²) in [6.45, 7) is 11.2. The summed E-state index contributed by atoms with van der Waals surface area (Å²) < 4.78 is 26.8. The van der Waals surface area contributed by atoms with Crippen LogP contribution in [0.2, 0.25) is 19.1 Å². The second-order valence-electron chi connectivity index (χ2n) is 5.20. The normalized spacial score (nSPS) is 19.3. The van der Waals surface area contributed by atoms with Crippen LogP contribution in [0.5, 0.6) is 0 Å². The van der Waals surface area contributed by atoms with Crippen LogP contribution in [0.1, 0.15) is 6.42 Å². The maximum absolute atomic E-state index is 5.87. The molecule has 0 aromatic heterocycles. The summed E-state index contributed by atoms with van der Waals surface area (Å²) >= 11 is 0. The van der Waals surface area contributed by atoms with Gasteiger partial charge in [0.25, 0.3) is 5.95 Å². The van der Waals surface area contributed by atoms with Crippen LogP contribution in [0.3, 0.4) is 0 Å². The third-order valence-electron chi connectivity index (χ3n) is 2.88. The fourth-order valence-electron chi connectivity index (χ4n) is 1.81. The lowest BCUT2D eigenvalue weighted by Crippen LogP contribution is -2.32. The highest BCUT2D eigenvalue weighted by atomic mass is 28.4. The van der Waals surface area contributed by atoms with E-state index in [0.717, 1.165) is 19.1 Å². The molecule has 0 N–H and O–H groups in total. The van der Waals surface area contributed by atoms with Crippen molar-refractivity contribution in [2.45, 2.75) is 31.7 Å². The molecule has 0 bridgehead atoms. The second kappa shape index (κ2) is 8.58. The molecule has 0 aliphatic carbocycles. The minimum Gasteiger partial charge on any atom is -0.462 e. The first-order valence-corrected chi connectivity index (χ1v) is 9.84. The van der Waals surface area contributed by atoms with Crippen molar-refractivity contribution < 1.29 is 23.4 Å². The fourth-order valence-corrected chi connectivity index (χ4v) is 3.59. The minimum absolute atomic E-state index is 0.00397. The van der Waals surface area contributed by atoms with Gasteiger partial charge in [0, 0.05) is 13.7 Å². The van der Waals surface area contributed by atoms with Crippen molar-refractivity contribution in [3.8, 4) is 0 Å². The van der Waals surface area contributed by atoms with Gasteiger partial charge < -0.3 is 23.4 Å². The van der Waals surface area contributed by atoms with Gasteiger partial charge >= 0.3 is 0 Å². The molecule has 0 aromatic carbocycles. The topological polar surface area (TPSA) is 46.2 Å². The number of ether oxygens (including phenoxy) is 4. The predicted octanol–water partition coefficient (Wildman–Crippen LogP) is 2.15. The Bertz CT molecular complexity index is 270. The van der Waals surface area contributed by atoms with Gasteiger partial charge in [-0.25, -0.2) is 0 Å². The molecule has 1 aliphatic heterocycles. The van der Waals surface area contributed by atoms with E-state index in [9.17, 15) is 0 Å². The molecule has 5 nitrogen and oxygen atoms in total. The Kier molecular flexibility index (Phi) is 7.44. The molecule has 1 heterocycles. The predicted molar refractivity (Wildman–Crippen MR) is 75.5 cm³/mol. The molecule has 0 amide bonds. The Labute approximate surface area is 116 Å². The zero-order chi connectivity index (χ0) is 14.1. The monoisotopic (exact) mass is 290 g/mol. The van der Waals surface area contributed by atoms with Crippen LogP contribution in [0.4, 0.5) is 0 Å². The first kappa shape index (κ1) is 16.5. The minimum atomic E-state index is -1.56. The summed E-state index contributed by atoms with van der Waals surface area (Å²) in [4.78, 5) is 0. The van der Waals surface area contributed by atoms with Crippen molar-refractivity contribution in [2.24, 2.45) is 0 Å². The van der Waals surface area contributed by atoms with Crippen LogP contribution in [-0.2, 0) is 23.4 Å². The lowest BCUT2D eigenvalue weighted by molar-refractivity contribution is 0.0414. The highest BCUT2D eigenvalue weighted by molar-refractivity contribution is 6.71. The molecule has 1 atom stereocenters. The van der Waals surface area contributed by atoms with Crippen molar-refractivity contribution in [3.63, 3.8) is 0 Å². The molecular formula is C13H26O5Si. The smallest absolute Gasteiger partial charge is 0.272 e. The average Bonchev–Trinajstić information content (AvgIpc) is 2.75. The number of methoxy groups -OCH3 is 1. The van der Waals surface area contributed by atoms with Crippen molar-refractivity contribution in [2.75, 3.05) is 40.1 Å². The van der Waals surface area contributed by atoms with Crippen LogP contribution in [0.15, 0.2) is 12.5 Å². The van der Waals surface area contributed by atoms with Gasteiger partial charge in [-0.05, 0) is 32.1 Å². The molecule has 1 fully saturated rings. The number of rotatable bonds is 10. The van der Waals surface area contributed by atoms with Gasteiger partial charge in [0.1, 0.15) is 6.61 Å². The Morgan fingerprint density at radius 1 is 1.32 bits per heavy atom. The Morgan fingerprint density at radius 2 is 2.11 bits per heavy atom. The molecule has 0 spiro atoms. The molecule has 1 saturated heterocycles. The van der Waals surface area contributed by atoms with E-state index in [0.29, 0.717) is 32.4 Å². The zero-order valence-electron chi connectivity index (χ0n) is 12.3. The molecule has 0 saturated carbocycles. The summed E-state index contributed by atoms with van der Waals surface area (Å²) in [5, 5.41) is 0. The van der Waals surface area contributed by atoms with E-state index in [1.54, 1.807) is 7.11 Å². The van der Waals surface area contributed by atoms with Gasteiger partial charge in [0.15, 0.2) is 14.4 Å². The van der Waals surface area contributed by atoms with E-state index in [4.69, 9.17) is 23.4 Å². The van der Waals surface area contributed by atoms with E-state index < -0.39 is 8.32 Å². The third-order valence-corrected chi connectivity index (χ3v) is 5.42. The largest absolute Gasteiger partial charge is 0.462 e. The van der Waals surface area contributed by atoms with Crippen LogP contribution in [-0.4, -0.2) is 54.6 Å². The molecule has 0 radical (unpaired) electrons. The first-order valence-electron chi connectivity index (χ1n) is 6.72. The van der Waals surface area contributed by atoms with Crippen LogP contribution >= 0.6 is 0 Å². The standard InChI is InChI=1S/C13H26O5Si/c1-12-16-11-13(18-12)10-15-6-5-9-19(3,4)17-8-7-14-2/h13H,1,5-11H2,2-4H3. The third kappa shape index (κ3) is 7.56. The van der Waals surface area contributed by atoms with Gasteiger partial charge in [-0.1, -0.05) is 0 Å². The summed E-state index contributed by atoms with van der Waals surface area (Å²) in [7, 11) is 0.127.